The van der Waals surface area contributed by atoms with Crippen molar-refractivity contribution < 1.29 is 0 Å². The summed E-state index contributed by atoms with van der Waals surface area (Å²) in [6, 6.07) is 0.606. The molecule has 2 heterocycles. The molecule has 2 rings (SSSR count). The van der Waals surface area contributed by atoms with Crippen molar-refractivity contribution in [2.24, 2.45) is 5.73 Å². The van der Waals surface area contributed by atoms with E-state index in [-0.39, 0.29) is 0 Å². The summed E-state index contributed by atoms with van der Waals surface area (Å²) >= 11 is 0. The highest BCUT2D eigenvalue weighted by Gasteiger charge is 2.25. The van der Waals surface area contributed by atoms with Gasteiger partial charge in [0.25, 0.3) is 0 Å². The van der Waals surface area contributed by atoms with Crippen molar-refractivity contribution in [3.8, 4) is 0 Å². The van der Waals surface area contributed by atoms with E-state index in [9.17, 15) is 0 Å². The zero-order chi connectivity index (χ0) is 10.1. The van der Waals surface area contributed by atoms with E-state index in [4.69, 9.17) is 5.73 Å². The van der Waals surface area contributed by atoms with Crippen molar-refractivity contribution in [3.63, 3.8) is 0 Å². The molecule has 1 aliphatic rings. The van der Waals surface area contributed by atoms with Crippen LogP contribution in [0.15, 0.2) is 6.33 Å². The summed E-state index contributed by atoms with van der Waals surface area (Å²) in [6.45, 7) is 5.19. The van der Waals surface area contributed by atoms with Crippen molar-refractivity contribution in [1.29, 1.82) is 0 Å². The van der Waals surface area contributed by atoms with Crippen molar-refractivity contribution in [3.05, 3.63) is 17.7 Å². The van der Waals surface area contributed by atoms with Crippen LogP contribution in [0.2, 0.25) is 0 Å². The molecule has 0 spiro atoms. The van der Waals surface area contributed by atoms with Crippen LogP contribution >= 0.6 is 0 Å². The van der Waals surface area contributed by atoms with Crippen LogP contribution in [0.5, 0.6) is 0 Å². The van der Waals surface area contributed by atoms with E-state index in [0.717, 1.165) is 13.0 Å². The molecule has 0 amide bonds. The first-order valence-corrected chi connectivity index (χ1v) is 5.49. The smallest absolute Gasteiger partial charge is 0.0954 e. The molecule has 3 heteroatoms. The lowest BCUT2D eigenvalue weighted by atomic mass is 10.1. The molecule has 1 aromatic heterocycles. The number of rotatable bonds is 3. The zero-order valence-electron chi connectivity index (χ0n) is 9.03. The quantitative estimate of drug-likeness (QED) is 0.796. The van der Waals surface area contributed by atoms with E-state index in [1.54, 1.807) is 0 Å². The molecule has 1 aromatic rings. The van der Waals surface area contributed by atoms with Crippen molar-refractivity contribution in [1.82, 2.24) is 9.55 Å². The Bertz CT molecular complexity index is 314. The number of aromatic nitrogens is 2. The molecule has 0 bridgehead atoms. The van der Waals surface area contributed by atoms with Gasteiger partial charge < -0.3 is 10.3 Å². The maximum atomic E-state index is 5.60. The highest BCUT2D eigenvalue weighted by atomic mass is 15.1. The molecular weight excluding hydrogens is 174 g/mol. The van der Waals surface area contributed by atoms with Crippen LogP contribution in [0.25, 0.3) is 0 Å². The number of hydrogen-bond acceptors (Lipinski definition) is 2. The van der Waals surface area contributed by atoms with E-state index >= 15 is 0 Å². The topological polar surface area (TPSA) is 43.8 Å². The number of imidazole rings is 1. The van der Waals surface area contributed by atoms with Crippen LogP contribution in [-0.4, -0.2) is 16.1 Å². The molecule has 0 aliphatic carbocycles. The Kier molecular flexibility index (Phi) is 2.59. The van der Waals surface area contributed by atoms with Gasteiger partial charge in [0.15, 0.2) is 0 Å². The van der Waals surface area contributed by atoms with Gasteiger partial charge in [-0.2, -0.15) is 0 Å². The molecule has 3 nitrogen and oxygen atoms in total. The summed E-state index contributed by atoms with van der Waals surface area (Å²) in [6.07, 6.45) is 5.51. The molecule has 78 valence electrons. The third kappa shape index (κ3) is 1.46. The molecule has 0 fully saturated rings. The van der Waals surface area contributed by atoms with E-state index in [1.165, 1.54) is 24.2 Å². The number of hydrogen-bond donors (Lipinski definition) is 1. The first-order chi connectivity index (χ1) is 6.74. The maximum Gasteiger partial charge on any atom is 0.0954 e. The van der Waals surface area contributed by atoms with E-state index < -0.39 is 0 Å². The summed E-state index contributed by atoms with van der Waals surface area (Å²) in [5, 5.41) is 0. The average molecular weight is 193 g/mol. The third-order valence-electron chi connectivity index (χ3n) is 3.08. The minimum atomic E-state index is 0.544. The van der Waals surface area contributed by atoms with Crippen molar-refractivity contribution in [2.75, 3.05) is 6.54 Å². The molecule has 14 heavy (non-hydrogen) atoms. The van der Waals surface area contributed by atoms with Crippen LogP contribution in [0.3, 0.4) is 0 Å². The van der Waals surface area contributed by atoms with Crippen LogP contribution in [0.4, 0.5) is 0 Å². The second-order valence-corrected chi connectivity index (χ2v) is 4.41. The summed E-state index contributed by atoms with van der Waals surface area (Å²) < 4.78 is 2.34. The maximum absolute atomic E-state index is 5.60. The third-order valence-corrected chi connectivity index (χ3v) is 3.08. The molecule has 0 saturated carbocycles. The fourth-order valence-electron chi connectivity index (χ4n) is 2.37. The minimum Gasteiger partial charge on any atom is -0.331 e. The molecule has 0 saturated heterocycles. The molecule has 1 unspecified atom stereocenters. The van der Waals surface area contributed by atoms with Crippen LogP contribution < -0.4 is 5.73 Å². The van der Waals surface area contributed by atoms with E-state index in [1.807, 2.05) is 6.33 Å². The fourth-order valence-corrected chi connectivity index (χ4v) is 2.37. The van der Waals surface area contributed by atoms with Gasteiger partial charge in [0, 0.05) is 11.7 Å². The van der Waals surface area contributed by atoms with Gasteiger partial charge in [-0.15, -0.1) is 0 Å². The summed E-state index contributed by atoms with van der Waals surface area (Å²) in [5.74, 6) is 0.544. The lowest BCUT2D eigenvalue weighted by Crippen LogP contribution is -2.09. The SMILES string of the molecule is CC(C)c1ncn2c1CCC2CCN. The summed E-state index contributed by atoms with van der Waals surface area (Å²) in [4.78, 5) is 4.49. The highest BCUT2D eigenvalue weighted by molar-refractivity contribution is 5.20. The Hall–Kier alpha value is -0.830. The number of nitrogens with two attached hydrogens (primary N) is 1. The van der Waals surface area contributed by atoms with Gasteiger partial charge in [0.2, 0.25) is 0 Å². The molecule has 0 aromatic carbocycles. The molecule has 2 N–H and O–H groups in total. The van der Waals surface area contributed by atoms with Gasteiger partial charge >= 0.3 is 0 Å². The normalized spacial score (nSPS) is 20.4. The van der Waals surface area contributed by atoms with Gasteiger partial charge in [-0.3, -0.25) is 0 Å². The summed E-state index contributed by atoms with van der Waals surface area (Å²) in [5.41, 5.74) is 8.32. The van der Waals surface area contributed by atoms with E-state index in [0.29, 0.717) is 12.0 Å². The largest absolute Gasteiger partial charge is 0.331 e. The van der Waals surface area contributed by atoms with Gasteiger partial charge in [0.05, 0.1) is 12.0 Å². The predicted octanol–water partition coefficient (Wildman–Crippen LogP) is 1.84. The predicted molar refractivity (Wildman–Crippen MR) is 57.3 cm³/mol. The van der Waals surface area contributed by atoms with Crippen LogP contribution in [0, 0.1) is 0 Å². The monoisotopic (exact) mass is 193 g/mol. The highest BCUT2D eigenvalue weighted by Crippen LogP contribution is 2.32. The lowest BCUT2D eigenvalue weighted by Gasteiger charge is -2.10. The Balaban J connectivity index is 2.25. The summed E-state index contributed by atoms with van der Waals surface area (Å²) in [7, 11) is 0. The lowest BCUT2D eigenvalue weighted by molar-refractivity contribution is 0.493. The first kappa shape index (κ1) is 9.71. The van der Waals surface area contributed by atoms with Crippen molar-refractivity contribution in [2.45, 2.75) is 45.1 Å². The fraction of sp³-hybridized carbons (Fsp3) is 0.727. The number of nitrogens with zero attached hydrogens (tertiary/aromatic N) is 2. The van der Waals surface area contributed by atoms with Crippen LogP contribution in [-0.2, 0) is 6.42 Å². The Morgan fingerprint density at radius 2 is 2.43 bits per heavy atom. The Labute approximate surface area is 85.3 Å². The van der Waals surface area contributed by atoms with Gasteiger partial charge in [0.1, 0.15) is 0 Å². The van der Waals surface area contributed by atoms with Crippen LogP contribution in [0.1, 0.15) is 50.0 Å². The molecular formula is C11H19N3. The minimum absolute atomic E-state index is 0.544. The van der Waals surface area contributed by atoms with Gasteiger partial charge in [-0.25, -0.2) is 4.98 Å². The van der Waals surface area contributed by atoms with E-state index in [2.05, 4.69) is 23.4 Å². The van der Waals surface area contributed by atoms with Crippen molar-refractivity contribution >= 4 is 0 Å². The molecule has 0 radical (unpaired) electrons. The number of fused-ring (bicyclic) bond motifs is 1. The standard InChI is InChI=1S/C11H19N3/c1-8(2)11-10-4-3-9(5-6-12)14(10)7-13-11/h7-9H,3-6,12H2,1-2H3. The van der Waals surface area contributed by atoms with Gasteiger partial charge in [-0.05, 0) is 31.7 Å². The van der Waals surface area contributed by atoms with Gasteiger partial charge in [-0.1, -0.05) is 13.8 Å². The molecule has 1 atom stereocenters. The zero-order valence-corrected chi connectivity index (χ0v) is 9.03. The second kappa shape index (κ2) is 3.73. The average Bonchev–Trinajstić information content (AvgIpc) is 2.67. The first-order valence-electron chi connectivity index (χ1n) is 5.49. The Morgan fingerprint density at radius 1 is 1.64 bits per heavy atom. The second-order valence-electron chi connectivity index (χ2n) is 4.41. The Morgan fingerprint density at radius 3 is 3.07 bits per heavy atom. The molecule has 1 aliphatic heterocycles.